The maximum absolute atomic E-state index is 14.2. The molecule has 0 bridgehead atoms. The molecule has 3 atom stereocenters. The standard InChI is InChI=1S/C31H30ClFN4O4/c32-22-6-4-20(24(33)13-22)18-41-29-3-1-2-27(35-29)31-9-10-36(15-21(31)14-31)17-28-34-25-7-5-19(30(38)39)12-26(25)37(28)16-23-8-11-40-23/h1-7,12-13,21,23H,8-11,14-18H2,(H,38,39)/t21-,23-,31+/m0/s1. The van der Waals surface area contributed by atoms with Crippen LogP contribution in [0.1, 0.15) is 46.7 Å². The van der Waals surface area contributed by atoms with E-state index in [9.17, 15) is 14.3 Å². The molecular weight excluding hydrogens is 547 g/mol. The fraction of sp³-hybridized carbons (Fsp3) is 0.387. The van der Waals surface area contributed by atoms with Crippen LogP contribution in [0.15, 0.2) is 54.6 Å². The Labute approximate surface area is 241 Å². The number of carbonyl (C=O) groups is 1. The second-order valence-electron chi connectivity index (χ2n) is 11.4. The highest BCUT2D eigenvalue weighted by atomic mass is 35.5. The van der Waals surface area contributed by atoms with E-state index in [1.54, 1.807) is 30.3 Å². The van der Waals surface area contributed by atoms with Gasteiger partial charge in [-0.15, -0.1) is 0 Å². The van der Waals surface area contributed by atoms with Crippen LogP contribution in [0.4, 0.5) is 4.39 Å². The number of halogens is 2. The van der Waals surface area contributed by atoms with Gasteiger partial charge in [-0.25, -0.2) is 19.2 Å². The Balaban J connectivity index is 1.05. The highest BCUT2D eigenvalue weighted by Crippen LogP contribution is 2.59. The molecular formula is C31H30ClFN4O4. The van der Waals surface area contributed by atoms with Gasteiger partial charge in [0.2, 0.25) is 5.88 Å². The van der Waals surface area contributed by atoms with E-state index in [4.69, 9.17) is 31.0 Å². The zero-order valence-electron chi connectivity index (χ0n) is 22.4. The number of hydrogen-bond acceptors (Lipinski definition) is 6. The first-order valence-electron chi connectivity index (χ1n) is 14.0. The number of likely N-dealkylation sites (tertiary alicyclic amines) is 1. The molecule has 2 aromatic heterocycles. The first-order chi connectivity index (χ1) is 19.9. The lowest BCUT2D eigenvalue weighted by atomic mass is 9.91. The minimum atomic E-state index is -0.942. The van der Waals surface area contributed by atoms with Crippen LogP contribution in [0, 0.1) is 11.7 Å². The van der Waals surface area contributed by atoms with E-state index in [0.29, 0.717) is 35.5 Å². The van der Waals surface area contributed by atoms with Crippen molar-refractivity contribution < 1.29 is 23.8 Å². The van der Waals surface area contributed by atoms with Crippen LogP contribution in [0.3, 0.4) is 0 Å². The molecule has 4 aromatic rings. The third-order valence-electron chi connectivity index (χ3n) is 8.83. The molecule has 41 heavy (non-hydrogen) atoms. The van der Waals surface area contributed by atoms with Gasteiger partial charge in [0.25, 0.3) is 0 Å². The van der Waals surface area contributed by atoms with Gasteiger partial charge in [-0.05, 0) is 68.1 Å². The topological polar surface area (TPSA) is 89.7 Å². The molecule has 3 aliphatic rings. The van der Waals surface area contributed by atoms with Crippen LogP contribution in [0.25, 0.3) is 11.0 Å². The first kappa shape index (κ1) is 26.4. The minimum Gasteiger partial charge on any atom is -0.478 e. The number of pyridine rings is 1. The maximum atomic E-state index is 14.2. The van der Waals surface area contributed by atoms with Gasteiger partial charge in [-0.2, -0.15) is 0 Å². The quantitative estimate of drug-likeness (QED) is 0.283. The summed E-state index contributed by atoms with van der Waals surface area (Å²) in [7, 11) is 0. The highest BCUT2D eigenvalue weighted by molar-refractivity contribution is 6.30. The summed E-state index contributed by atoms with van der Waals surface area (Å²) in [5.74, 6) is 0.584. The van der Waals surface area contributed by atoms with Crippen molar-refractivity contribution in [2.45, 2.75) is 50.5 Å². The van der Waals surface area contributed by atoms with Crippen molar-refractivity contribution in [1.29, 1.82) is 0 Å². The highest BCUT2D eigenvalue weighted by Gasteiger charge is 2.58. The summed E-state index contributed by atoms with van der Waals surface area (Å²) >= 11 is 5.86. The van der Waals surface area contributed by atoms with Crippen LogP contribution in [0.5, 0.6) is 5.88 Å². The molecule has 2 saturated heterocycles. The van der Waals surface area contributed by atoms with Crippen LogP contribution >= 0.6 is 11.6 Å². The molecule has 8 nitrogen and oxygen atoms in total. The van der Waals surface area contributed by atoms with Crippen LogP contribution in [-0.4, -0.2) is 56.3 Å². The van der Waals surface area contributed by atoms with Gasteiger partial charge in [0.15, 0.2) is 0 Å². The van der Waals surface area contributed by atoms with Gasteiger partial charge < -0.3 is 19.1 Å². The monoisotopic (exact) mass is 576 g/mol. The third-order valence-corrected chi connectivity index (χ3v) is 9.06. The number of carboxylic acid groups (broad SMARTS) is 1. The van der Waals surface area contributed by atoms with Gasteiger partial charge in [0.05, 0.1) is 41.5 Å². The molecule has 0 radical (unpaired) electrons. The Morgan fingerprint density at radius 2 is 2.07 bits per heavy atom. The molecule has 0 spiro atoms. The van der Waals surface area contributed by atoms with Crippen molar-refractivity contribution in [3.63, 3.8) is 0 Å². The van der Waals surface area contributed by atoms with Crippen molar-refractivity contribution in [2.24, 2.45) is 5.92 Å². The zero-order valence-corrected chi connectivity index (χ0v) is 23.2. The molecule has 10 heteroatoms. The van der Waals surface area contributed by atoms with E-state index < -0.39 is 11.8 Å². The summed E-state index contributed by atoms with van der Waals surface area (Å²) in [6.45, 7) is 4.06. The fourth-order valence-electron chi connectivity index (χ4n) is 6.30. The molecule has 1 saturated carbocycles. The number of aromatic nitrogens is 3. The summed E-state index contributed by atoms with van der Waals surface area (Å²) in [5.41, 5.74) is 3.42. The van der Waals surface area contributed by atoms with E-state index in [0.717, 1.165) is 61.5 Å². The number of piperidine rings is 1. The Morgan fingerprint density at radius 1 is 1.20 bits per heavy atom. The molecule has 1 aliphatic carbocycles. The lowest BCUT2D eigenvalue weighted by Gasteiger charge is -2.32. The Hall–Kier alpha value is -3.53. The first-order valence-corrected chi connectivity index (χ1v) is 14.4. The van der Waals surface area contributed by atoms with Gasteiger partial charge in [-0.1, -0.05) is 23.7 Å². The van der Waals surface area contributed by atoms with Gasteiger partial charge in [0.1, 0.15) is 18.2 Å². The molecule has 1 N–H and O–H groups in total. The Kier molecular flexibility index (Phi) is 6.68. The zero-order chi connectivity index (χ0) is 28.1. The largest absolute Gasteiger partial charge is 0.478 e. The predicted molar refractivity (Wildman–Crippen MR) is 151 cm³/mol. The van der Waals surface area contributed by atoms with Crippen LogP contribution in [-0.2, 0) is 29.8 Å². The number of ether oxygens (including phenoxy) is 2. The number of fused-ring (bicyclic) bond motifs is 2. The third kappa shape index (κ3) is 5.07. The second-order valence-corrected chi connectivity index (χ2v) is 11.8. The van der Waals surface area contributed by atoms with E-state index >= 15 is 0 Å². The molecule has 3 fully saturated rings. The number of hydrogen-bond donors (Lipinski definition) is 1. The number of imidazole rings is 1. The molecule has 7 rings (SSSR count). The van der Waals surface area contributed by atoms with Crippen molar-refractivity contribution in [2.75, 3.05) is 19.7 Å². The van der Waals surface area contributed by atoms with Crippen molar-refractivity contribution in [3.8, 4) is 5.88 Å². The molecule has 0 amide bonds. The van der Waals surface area contributed by atoms with Crippen LogP contribution in [0.2, 0.25) is 5.02 Å². The van der Waals surface area contributed by atoms with Crippen LogP contribution < -0.4 is 4.74 Å². The molecule has 2 aliphatic heterocycles. The summed E-state index contributed by atoms with van der Waals surface area (Å²) in [6, 6.07) is 15.5. The van der Waals surface area contributed by atoms with E-state index in [2.05, 4.69) is 15.5 Å². The number of rotatable bonds is 9. The Bertz CT molecular complexity index is 1640. The smallest absolute Gasteiger partial charge is 0.335 e. The molecule has 0 unspecified atom stereocenters. The second kappa shape index (κ2) is 10.4. The van der Waals surface area contributed by atoms with E-state index in [1.807, 2.05) is 12.1 Å². The van der Waals surface area contributed by atoms with E-state index in [-0.39, 0.29) is 23.7 Å². The lowest BCUT2D eigenvalue weighted by Crippen LogP contribution is -2.37. The average molecular weight is 577 g/mol. The summed E-state index contributed by atoms with van der Waals surface area (Å²) in [4.78, 5) is 23.8. The van der Waals surface area contributed by atoms with Crippen molar-refractivity contribution in [1.82, 2.24) is 19.4 Å². The van der Waals surface area contributed by atoms with E-state index in [1.165, 1.54) is 6.07 Å². The molecule has 212 valence electrons. The van der Waals surface area contributed by atoms with Gasteiger partial charge in [-0.3, -0.25) is 4.90 Å². The number of nitrogens with zero attached hydrogens (tertiary/aromatic N) is 4. The summed E-state index contributed by atoms with van der Waals surface area (Å²) in [6.07, 6.45) is 3.18. The summed E-state index contributed by atoms with van der Waals surface area (Å²) in [5, 5.41) is 9.87. The minimum absolute atomic E-state index is 0.0394. The SMILES string of the molecule is O=C(O)c1ccc2nc(CN3CC[C@@]4(c5cccc(OCc6ccc(Cl)cc6F)n5)C[C@H]4C3)n(C[C@@H]3CCO3)c2c1. The number of carboxylic acids is 1. The number of benzene rings is 2. The van der Waals surface area contributed by atoms with Crippen molar-refractivity contribution >= 4 is 28.6 Å². The normalized spacial score (nSPS) is 23.7. The Morgan fingerprint density at radius 3 is 2.83 bits per heavy atom. The lowest BCUT2D eigenvalue weighted by molar-refractivity contribution is -0.0592. The predicted octanol–water partition coefficient (Wildman–Crippen LogP) is 5.45. The van der Waals surface area contributed by atoms with Gasteiger partial charge >= 0.3 is 5.97 Å². The van der Waals surface area contributed by atoms with Crippen molar-refractivity contribution in [3.05, 3.63) is 88.1 Å². The summed E-state index contributed by atoms with van der Waals surface area (Å²) < 4.78 is 27.9. The maximum Gasteiger partial charge on any atom is 0.335 e. The molecule has 2 aromatic carbocycles. The molecule has 4 heterocycles. The fourth-order valence-corrected chi connectivity index (χ4v) is 6.46. The van der Waals surface area contributed by atoms with Gasteiger partial charge in [0, 0.05) is 35.2 Å². The average Bonchev–Trinajstić information content (AvgIpc) is 3.58. The number of aromatic carboxylic acids is 1.